The quantitative estimate of drug-likeness (QED) is 0.834. The topological polar surface area (TPSA) is 29.1 Å². The highest BCUT2D eigenvalue weighted by molar-refractivity contribution is 5.96. The van der Waals surface area contributed by atoms with Crippen LogP contribution in [0, 0.1) is 5.82 Å². The van der Waals surface area contributed by atoms with Gasteiger partial charge in [0.15, 0.2) is 0 Å². The zero-order valence-corrected chi connectivity index (χ0v) is 10.4. The summed E-state index contributed by atoms with van der Waals surface area (Å²) in [4.78, 5) is 12.0. The average molecular weight is 255 g/mol. The van der Waals surface area contributed by atoms with Crippen LogP contribution >= 0.6 is 0 Å². The number of hydrogen-bond acceptors (Lipinski definition) is 1. The molecule has 2 nitrogen and oxygen atoms in total. The fraction of sp³-hybridized carbons (Fsp3) is 0.188. The van der Waals surface area contributed by atoms with E-state index >= 15 is 0 Å². The molecule has 0 bridgehead atoms. The molecule has 0 aliphatic carbocycles. The van der Waals surface area contributed by atoms with Gasteiger partial charge in [-0.1, -0.05) is 30.3 Å². The van der Waals surface area contributed by atoms with Gasteiger partial charge in [-0.3, -0.25) is 4.79 Å². The Morgan fingerprint density at radius 2 is 1.79 bits per heavy atom. The minimum absolute atomic E-state index is 0.0276. The molecule has 0 radical (unpaired) electrons. The Kier molecular flexibility index (Phi) is 3.03. The Bertz CT molecular complexity index is 606. The molecule has 1 aliphatic heterocycles. The predicted molar refractivity (Wildman–Crippen MR) is 71.6 cm³/mol. The second-order valence-electron chi connectivity index (χ2n) is 4.82. The molecule has 0 saturated heterocycles. The summed E-state index contributed by atoms with van der Waals surface area (Å²) in [5, 5.41) is 2.93. The van der Waals surface area contributed by atoms with Crippen molar-refractivity contribution < 1.29 is 9.18 Å². The number of nitrogens with one attached hydrogen (secondary N) is 1. The number of carbonyl (C=O) groups excluding carboxylic acids is 1. The van der Waals surface area contributed by atoms with Crippen LogP contribution in [0.4, 0.5) is 4.39 Å². The van der Waals surface area contributed by atoms with E-state index in [0.717, 1.165) is 23.1 Å². The normalized spacial score (nSPS) is 18.4. The van der Waals surface area contributed by atoms with E-state index in [1.54, 1.807) is 12.1 Å². The Morgan fingerprint density at radius 1 is 1.05 bits per heavy atom. The standard InChI is InChI=1S/C16H14FNO/c17-14-7-5-11(6-8-14)13-9-12-3-1-2-4-15(12)16(19)18-10-13/h1-8,13H,9-10H2,(H,18,19)/t13-/m1/s1. The molecule has 0 spiro atoms. The van der Waals surface area contributed by atoms with Crippen LogP contribution < -0.4 is 5.32 Å². The Morgan fingerprint density at radius 3 is 2.58 bits per heavy atom. The number of benzene rings is 2. The molecule has 1 aliphatic rings. The number of halogens is 1. The molecule has 3 rings (SSSR count). The molecule has 1 heterocycles. The highest BCUT2D eigenvalue weighted by Gasteiger charge is 2.22. The summed E-state index contributed by atoms with van der Waals surface area (Å²) in [7, 11) is 0. The molecule has 1 N–H and O–H groups in total. The van der Waals surface area contributed by atoms with Crippen LogP contribution in [0.15, 0.2) is 48.5 Å². The first-order valence-corrected chi connectivity index (χ1v) is 6.35. The zero-order chi connectivity index (χ0) is 13.2. The van der Waals surface area contributed by atoms with Crippen LogP contribution in [0.25, 0.3) is 0 Å². The summed E-state index contributed by atoms with van der Waals surface area (Å²) in [5.41, 5.74) is 2.84. The third-order valence-corrected chi connectivity index (χ3v) is 3.58. The van der Waals surface area contributed by atoms with Crippen LogP contribution in [-0.4, -0.2) is 12.5 Å². The summed E-state index contributed by atoms with van der Waals surface area (Å²) in [6.07, 6.45) is 0.792. The molecule has 96 valence electrons. The molecule has 3 heteroatoms. The molecule has 2 aromatic carbocycles. The number of hydrogen-bond donors (Lipinski definition) is 1. The highest BCUT2D eigenvalue weighted by Crippen LogP contribution is 2.25. The summed E-state index contributed by atoms with van der Waals surface area (Å²) >= 11 is 0. The minimum atomic E-state index is -0.234. The second-order valence-corrected chi connectivity index (χ2v) is 4.82. The van der Waals surface area contributed by atoms with Gasteiger partial charge in [0, 0.05) is 18.0 Å². The molecule has 1 atom stereocenters. The van der Waals surface area contributed by atoms with Gasteiger partial charge in [0.25, 0.3) is 5.91 Å². The minimum Gasteiger partial charge on any atom is -0.351 e. The van der Waals surface area contributed by atoms with Crippen molar-refractivity contribution in [2.75, 3.05) is 6.54 Å². The summed E-state index contributed by atoms with van der Waals surface area (Å²) in [5.74, 6) is -0.0739. The van der Waals surface area contributed by atoms with Crippen LogP contribution in [0.5, 0.6) is 0 Å². The van der Waals surface area contributed by atoms with Crippen molar-refractivity contribution in [1.29, 1.82) is 0 Å². The van der Waals surface area contributed by atoms with Crippen LogP contribution in [-0.2, 0) is 6.42 Å². The molecular weight excluding hydrogens is 241 g/mol. The second kappa shape index (κ2) is 4.84. The van der Waals surface area contributed by atoms with Gasteiger partial charge >= 0.3 is 0 Å². The third kappa shape index (κ3) is 2.36. The number of amides is 1. The van der Waals surface area contributed by atoms with E-state index in [4.69, 9.17) is 0 Å². The van der Waals surface area contributed by atoms with Crippen molar-refractivity contribution >= 4 is 5.91 Å². The Balaban J connectivity index is 1.94. The molecule has 19 heavy (non-hydrogen) atoms. The van der Waals surface area contributed by atoms with Crippen LogP contribution in [0.1, 0.15) is 27.4 Å². The molecular formula is C16H14FNO. The Labute approximate surface area is 111 Å². The van der Waals surface area contributed by atoms with Crippen molar-refractivity contribution in [3.8, 4) is 0 Å². The van der Waals surface area contributed by atoms with Gasteiger partial charge < -0.3 is 5.32 Å². The fourth-order valence-corrected chi connectivity index (χ4v) is 2.54. The maximum atomic E-state index is 13.0. The van der Waals surface area contributed by atoms with Crippen LogP contribution in [0.2, 0.25) is 0 Å². The fourth-order valence-electron chi connectivity index (χ4n) is 2.54. The van der Waals surface area contributed by atoms with E-state index in [1.807, 2.05) is 24.3 Å². The van der Waals surface area contributed by atoms with E-state index < -0.39 is 0 Å². The monoisotopic (exact) mass is 255 g/mol. The van der Waals surface area contributed by atoms with Crippen LogP contribution in [0.3, 0.4) is 0 Å². The highest BCUT2D eigenvalue weighted by atomic mass is 19.1. The van der Waals surface area contributed by atoms with Gasteiger partial charge in [-0.05, 0) is 35.7 Å². The van der Waals surface area contributed by atoms with Gasteiger partial charge in [-0.25, -0.2) is 4.39 Å². The van der Waals surface area contributed by atoms with Crippen molar-refractivity contribution in [1.82, 2.24) is 5.32 Å². The summed E-state index contributed by atoms with van der Waals surface area (Å²) in [6.45, 7) is 0.582. The van der Waals surface area contributed by atoms with E-state index in [1.165, 1.54) is 12.1 Å². The first kappa shape index (κ1) is 11.9. The maximum absolute atomic E-state index is 13.0. The lowest BCUT2D eigenvalue weighted by Gasteiger charge is -2.14. The molecule has 0 unspecified atom stereocenters. The van der Waals surface area contributed by atoms with Crippen molar-refractivity contribution in [2.45, 2.75) is 12.3 Å². The summed E-state index contributed by atoms with van der Waals surface area (Å²) < 4.78 is 13.0. The zero-order valence-electron chi connectivity index (χ0n) is 10.4. The molecule has 0 aromatic heterocycles. The van der Waals surface area contributed by atoms with Gasteiger partial charge in [0.1, 0.15) is 5.82 Å². The number of fused-ring (bicyclic) bond motifs is 1. The van der Waals surface area contributed by atoms with Gasteiger partial charge in [-0.15, -0.1) is 0 Å². The third-order valence-electron chi connectivity index (χ3n) is 3.58. The average Bonchev–Trinajstić information content (AvgIpc) is 2.60. The predicted octanol–water partition coefficient (Wildman–Crippen LogP) is 2.90. The van der Waals surface area contributed by atoms with Gasteiger partial charge in [-0.2, -0.15) is 0 Å². The number of carbonyl (C=O) groups is 1. The molecule has 1 amide bonds. The molecule has 0 saturated carbocycles. The van der Waals surface area contributed by atoms with Crippen molar-refractivity contribution in [2.24, 2.45) is 0 Å². The van der Waals surface area contributed by atoms with E-state index in [0.29, 0.717) is 6.54 Å². The van der Waals surface area contributed by atoms with E-state index in [9.17, 15) is 9.18 Å². The Hall–Kier alpha value is -2.16. The van der Waals surface area contributed by atoms with Gasteiger partial charge in [0.05, 0.1) is 0 Å². The van der Waals surface area contributed by atoms with Crippen molar-refractivity contribution in [3.05, 3.63) is 71.0 Å². The first-order valence-electron chi connectivity index (χ1n) is 6.35. The van der Waals surface area contributed by atoms with Crippen molar-refractivity contribution in [3.63, 3.8) is 0 Å². The van der Waals surface area contributed by atoms with Gasteiger partial charge in [0.2, 0.25) is 0 Å². The first-order chi connectivity index (χ1) is 9.24. The molecule has 2 aromatic rings. The lowest BCUT2D eigenvalue weighted by Crippen LogP contribution is -2.25. The maximum Gasteiger partial charge on any atom is 0.251 e. The number of rotatable bonds is 1. The SMILES string of the molecule is O=C1NC[C@H](c2ccc(F)cc2)Cc2ccccc21. The molecule has 0 fully saturated rings. The lowest BCUT2D eigenvalue weighted by atomic mass is 9.91. The lowest BCUT2D eigenvalue weighted by molar-refractivity contribution is 0.0954. The van der Waals surface area contributed by atoms with E-state index in [2.05, 4.69) is 5.32 Å². The smallest absolute Gasteiger partial charge is 0.251 e. The van der Waals surface area contributed by atoms with E-state index in [-0.39, 0.29) is 17.6 Å². The largest absolute Gasteiger partial charge is 0.351 e. The summed E-state index contributed by atoms with van der Waals surface area (Å²) in [6, 6.07) is 14.2.